The maximum Gasteiger partial charge on any atom is 0.265 e. The number of anilines is 1. The smallest absolute Gasteiger partial charge is 0.265 e. The molecule has 1 fully saturated rings. The van der Waals surface area contributed by atoms with Gasteiger partial charge >= 0.3 is 0 Å². The molecule has 1 N–H and O–H groups in total. The molecule has 1 atom stereocenters. The third-order valence-corrected chi connectivity index (χ3v) is 7.35. The number of rotatable bonds is 6. The van der Waals surface area contributed by atoms with Crippen molar-refractivity contribution in [2.75, 3.05) is 44.4 Å². The number of amides is 2. The molecule has 4 rings (SSSR count). The van der Waals surface area contributed by atoms with E-state index >= 15 is 0 Å². The van der Waals surface area contributed by atoms with Gasteiger partial charge in [0.15, 0.2) is 6.61 Å². The summed E-state index contributed by atoms with van der Waals surface area (Å²) in [6.45, 7) is 2.58. The first-order chi connectivity index (χ1) is 15.4. The van der Waals surface area contributed by atoms with Crippen molar-refractivity contribution in [2.24, 2.45) is 0 Å². The van der Waals surface area contributed by atoms with Crippen LogP contribution in [0.4, 0.5) is 5.69 Å². The molecule has 0 unspecified atom stereocenters. The number of hydrogen-bond donors (Lipinski definition) is 1. The van der Waals surface area contributed by atoms with Crippen molar-refractivity contribution < 1.29 is 27.5 Å². The first-order valence-corrected chi connectivity index (χ1v) is 11.8. The second-order valence-electron chi connectivity index (χ2n) is 7.61. The van der Waals surface area contributed by atoms with Crippen LogP contribution in [-0.4, -0.2) is 64.0 Å². The third-order valence-electron chi connectivity index (χ3n) is 5.46. The summed E-state index contributed by atoms with van der Waals surface area (Å²) in [5.74, 6) is -0.417. The Labute approximate surface area is 187 Å². The van der Waals surface area contributed by atoms with E-state index in [-0.39, 0.29) is 48.8 Å². The van der Waals surface area contributed by atoms with Crippen molar-refractivity contribution >= 4 is 27.5 Å². The minimum absolute atomic E-state index is 0.0412. The number of hydrogen-bond acceptors (Lipinski definition) is 6. The van der Waals surface area contributed by atoms with Crippen molar-refractivity contribution in [3.05, 3.63) is 54.1 Å². The molecule has 0 bridgehead atoms. The van der Waals surface area contributed by atoms with Crippen LogP contribution in [0.5, 0.6) is 5.75 Å². The average Bonchev–Trinajstić information content (AvgIpc) is 2.81. The fraction of sp³-hybridized carbons (Fsp3) is 0.364. The minimum Gasteiger partial charge on any atom is -0.482 e. The number of carbonyl (C=O) groups excluding carboxylic acids is 2. The van der Waals surface area contributed by atoms with E-state index in [4.69, 9.17) is 9.47 Å². The Morgan fingerprint density at radius 1 is 1.12 bits per heavy atom. The number of sulfonamides is 1. The van der Waals surface area contributed by atoms with Crippen LogP contribution in [-0.2, 0) is 24.3 Å². The molecule has 2 aromatic rings. The normalized spacial score (nSPS) is 17.9. The maximum absolute atomic E-state index is 13.0. The van der Waals surface area contributed by atoms with Crippen LogP contribution < -0.4 is 15.0 Å². The van der Waals surface area contributed by atoms with Crippen molar-refractivity contribution in [3.63, 3.8) is 0 Å². The van der Waals surface area contributed by atoms with Gasteiger partial charge in [-0.05, 0) is 30.7 Å². The predicted octanol–water partition coefficient (Wildman–Crippen LogP) is 1.31. The van der Waals surface area contributed by atoms with Crippen molar-refractivity contribution in [2.45, 2.75) is 17.9 Å². The Balaban J connectivity index is 1.55. The lowest BCUT2D eigenvalue weighted by molar-refractivity contribution is -0.125. The van der Waals surface area contributed by atoms with Crippen molar-refractivity contribution in [1.29, 1.82) is 0 Å². The molecule has 0 aromatic heterocycles. The second-order valence-corrected chi connectivity index (χ2v) is 9.55. The molecular formula is C22H25N3O6S. The summed E-state index contributed by atoms with van der Waals surface area (Å²) in [5.41, 5.74) is 1.20. The Bertz CT molecular complexity index is 1100. The van der Waals surface area contributed by atoms with E-state index in [2.05, 4.69) is 5.32 Å². The number of nitrogens with zero attached hydrogens (tertiary/aromatic N) is 2. The Hall–Kier alpha value is -2.95. The second kappa shape index (κ2) is 9.27. The van der Waals surface area contributed by atoms with E-state index in [1.165, 1.54) is 27.4 Å². The van der Waals surface area contributed by atoms with E-state index in [9.17, 15) is 18.0 Å². The number of carbonyl (C=O) groups is 2. The molecular weight excluding hydrogens is 434 g/mol. The van der Waals surface area contributed by atoms with Crippen LogP contribution in [0, 0.1) is 0 Å². The molecule has 170 valence electrons. The molecule has 0 aliphatic carbocycles. The molecule has 2 aliphatic rings. The number of ether oxygens (including phenoxy) is 2. The van der Waals surface area contributed by atoms with Crippen LogP contribution in [0.25, 0.3) is 0 Å². The summed E-state index contributed by atoms with van der Waals surface area (Å²) in [6.07, 6.45) is 0. The van der Waals surface area contributed by atoms with Gasteiger partial charge < -0.3 is 14.8 Å². The molecule has 2 aliphatic heterocycles. The van der Waals surface area contributed by atoms with Crippen LogP contribution >= 0.6 is 0 Å². The highest BCUT2D eigenvalue weighted by molar-refractivity contribution is 7.89. The van der Waals surface area contributed by atoms with E-state index < -0.39 is 15.9 Å². The zero-order valence-corrected chi connectivity index (χ0v) is 18.5. The quantitative estimate of drug-likeness (QED) is 0.698. The van der Waals surface area contributed by atoms with Gasteiger partial charge in [0.25, 0.3) is 5.91 Å². The highest BCUT2D eigenvalue weighted by atomic mass is 32.2. The van der Waals surface area contributed by atoms with E-state index in [0.29, 0.717) is 19.0 Å². The number of benzene rings is 2. The number of nitrogens with one attached hydrogen (secondary N) is 1. The topological polar surface area (TPSA) is 105 Å². The van der Waals surface area contributed by atoms with Crippen molar-refractivity contribution in [3.8, 4) is 5.75 Å². The van der Waals surface area contributed by atoms with Crippen LogP contribution in [0.15, 0.2) is 53.4 Å². The van der Waals surface area contributed by atoms with E-state index in [1.807, 2.05) is 37.3 Å². The predicted molar refractivity (Wildman–Crippen MR) is 117 cm³/mol. The van der Waals surface area contributed by atoms with Crippen LogP contribution in [0.1, 0.15) is 18.5 Å². The molecule has 0 radical (unpaired) electrons. The van der Waals surface area contributed by atoms with E-state index in [0.717, 1.165) is 5.56 Å². The van der Waals surface area contributed by atoms with Gasteiger partial charge in [-0.1, -0.05) is 30.3 Å². The standard InChI is InChI=1S/C22H25N3O6S/c1-16(17-5-3-2-4-6-17)23-21(26)14-25-19-13-18(7-8-20(19)31-15-22(25)27)32(28,29)24-9-11-30-12-10-24/h2-8,13,16H,9-12,14-15H2,1H3,(H,23,26)/t16-/m1/s1. The largest absolute Gasteiger partial charge is 0.482 e. The summed E-state index contributed by atoms with van der Waals surface area (Å²) < 4.78 is 38.1. The van der Waals surface area contributed by atoms with Crippen molar-refractivity contribution in [1.82, 2.24) is 9.62 Å². The molecule has 0 saturated carbocycles. The van der Waals surface area contributed by atoms with Gasteiger partial charge in [-0.15, -0.1) is 0 Å². The molecule has 2 heterocycles. The van der Waals surface area contributed by atoms with Gasteiger partial charge in [-0.3, -0.25) is 14.5 Å². The maximum atomic E-state index is 13.0. The summed E-state index contributed by atoms with van der Waals surface area (Å²) in [4.78, 5) is 26.6. The summed E-state index contributed by atoms with van der Waals surface area (Å²) in [5, 5.41) is 2.88. The molecule has 32 heavy (non-hydrogen) atoms. The minimum atomic E-state index is -3.76. The summed E-state index contributed by atoms with van der Waals surface area (Å²) >= 11 is 0. The lowest BCUT2D eigenvalue weighted by atomic mass is 10.1. The van der Waals surface area contributed by atoms with Gasteiger partial charge in [0, 0.05) is 13.1 Å². The molecule has 2 amide bonds. The van der Waals surface area contributed by atoms with Crippen LogP contribution in [0.2, 0.25) is 0 Å². The van der Waals surface area contributed by atoms with Gasteiger partial charge in [0.1, 0.15) is 12.3 Å². The molecule has 0 spiro atoms. The van der Waals surface area contributed by atoms with Gasteiger partial charge in [0.05, 0.1) is 29.8 Å². The van der Waals surface area contributed by atoms with Gasteiger partial charge in [-0.25, -0.2) is 8.42 Å². The Morgan fingerprint density at radius 2 is 1.84 bits per heavy atom. The lowest BCUT2D eigenvalue weighted by Gasteiger charge is -2.31. The highest BCUT2D eigenvalue weighted by Crippen LogP contribution is 2.35. The first kappa shape index (κ1) is 22.3. The zero-order chi connectivity index (χ0) is 22.7. The fourth-order valence-corrected chi connectivity index (χ4v) is 5.14. The Kier molecular flexibility index (Phi) is 6.45. The average molecular weight is 460 g/mol. The zero-order valence-electron chi connectivity index (χ0n) is 17.7. The first-order valence-electron chi connectivity index (χ1n) is 10.4. The lowest BCUT2D eigenvalue weighted by Crippen LogP contribution is -2.45. The van der Waals surface area contributed by atoms with Gasteiger partial charge in [-0.2, -0.15) is 4.31 Å². The summed E-state index contributed by atoms with van der Waals surface area (Å²) in [7, 11) is -3.76. The Morgan fingerprint density at radius 3 is 2.56 bits per heavy atom. The highest BCUT2D eigenvalue weighted by Gasteiger charge is 2.32. The van der Waals surface area contributed by atoms with E-state index in [1.54, 1.807) is 0 Å². The SMILES string of the molecule is C[C@@H](NC(=O)CN1C(=O)COc2ccc(S(=O)(=O)N3CCOCC3)cc21)c1ccccc1. The number of morpholine rings is 1. The molecule has 1 saturated heterocycles. The molecule has 2 aromatic carbocycles. The number of fused-ring (bicyclic) bond motifs is 1. The van der Waals surface area contributed by atoms with Crippen LogP contribution in [0.3, 0.4) is 0 Å². The molecule has 10 heteroatoms. The van der Waals surface area contributed by atoms with Gasteiger partial charge in [0.2, 0.25) is 15.9 Å². The summed E-state index contributed by atoms with van der Waals surface area (Å²) in [6, 6.07) is 13.6. The monoisotopic (exact) mass is 459 g/mol. The third kappa shape index (κ3) is 4.62. The fourth-order valence-electron chi connectivity index (χ4n) is 3.71. The molecule has 9 nitrogen and oxygen atoms in total.